The monoisotopic (exact) mass is 661 g/mol. The fourth-order valence-electron chi connectivity index (χ4n) is 8.35. The molecule has 0 saturated heterocycles. The van der Waals surface area contributed by atoms with Crippen molar-refractivity contribution in [2.75, 3.05) is 12.9 Å². The Morgan fingerprint density at radius 2 is 1.91 bits per heavy atom. The van der Waals surface area contributed by atoms with Crippen LogP contribution in [0.15, 0.2) is 39.8 Å². The molecule has 5 rings (SSSR count). The summed E-state index contributed by atoms with van der Waals surface area (Å²) in [4.78, 5) is 43.1. The number of esters is 2. The summed E-state index contributed by atoms with van der Waals surface area (Å²) in [7, 11) is -3.89. The molecule has 3 heterocycles. The first-order valence-corrected chi connectivity index (χ1v) is 17.5. The molecule has 0 spiro atoms. The van der Waals surface area contributed by atoms with Crippen molar-refractivity contribution in [2.45, 2.75) is 97.1 Å². The van der Waals surface area contributed by atoms with Gasteiger partial charge in [-0.1, -0.05) is 27.2 Å². The molecule has 2 aliphatic carbocycles. The number of carbonyl (C=O) groups excluding carboxylic acids is 2. The largest absolute Gasteiger partial charge is 0.482 e. The van der Waals surface area contributed by atoms with Crippen molar-refractivity contribution in [1.82, 2.24) is 4.98 Å². The van der Waals surface area contributed by atoms with Gasteiger partial charge in [-0.25, -0.2) is 4.79 Å². The second-order valence-corrected chi connectivity index (χ2v) is 15.3. The Kier molecular flexibility index (Phi) is 9.17. The van der Waals surface area contributed by atoms with Gasteiger partial charge in [0, 0.05) is 48.7 Å². The number of aliphatic hydroxyl groups excluding tert-OH is 1. The van der Waals surface area contributed by atoms with E-state index < -0.39 is 74.3 Å². The molecule has 0 bridgehead atoms. The number of pyridine rings is 1. The number of ether oxygens (including phenoxy) is 3. The first-order valence-electron chi connectivity index (χ1n) is 15.7. The van der Waals surface area contributed by atoms with Crippen LogP contribution in [0, 0.1) is 22.7 Å². The van der Waals surface area contributed by atoms with E-state index in [1.807, 2.05) is 13.8 Å². The Bertz CT molecular complexity index is 1640. The minimum atomic E-state index is -3.89. The molecule has 2 unspecified atom stereocenters. The summed E-state index contributed by atoms with van der Waals surface area (Å²) in [5.41, 5.74) is -3.53. The third kappa shape index (κ3) is 6.09. The second-order valence-electron chi connectivity index (χ2n) is 13.6. The van der Waals surface area contributed by atoms with Crippen molar-refractivity contribution in [1.29, 1.82) is 0 Å². The van der Waals surface area contributed by atoms with Crippen LogP contribution in [0.5, 0.6) is 5.75 Å². The molecule has 46 heavy (non-hydrogen) atoms. The van der Waals surface area contributed by atoms with Crippen LogP contribution in [0.4, 0.5) is 0 Å². The molecule has 2 aromatic rings. The molecule has 0 aromatic carbocycles. The fraction of sp³-hybridized carbons (Fsp3) is 0.636. The minimum Gasteiger partial charge on any atom is -0.482 e. The quantitative estimate of drug-likeness (QED) is 0.299. The summed E-state index contributed by atoms with van der Waals surface area (Å²) in [5, 5.41) is 12.2. The van der Waals surface area contributed by atoms with E-state index >= 15 is 0 Å². The van der Waals surface area contributed by atoms with Gasteiger partial charge >= 0.3 is 17.6 Å². The van der Waals surface area contributed by atoms with Gasteiger partial charge in [-0.15, -0.1) is 0 Å². The topological polar surface area (TPSA) is 169 Å². The normalized spacial score (nSPS) is 33.5. The van der Waals surface area contributed by atoms with E-state index in [1.54, 1.807) is 44.4 Å². The average Bonchev–Trinajstić information content (AvgIpc) is 2.97. The molecule has 3 aliphatic rings. The fourth-order valence-corrected chi connectivity index (χ4v) is 8.82. The van der Waals surface area contributed by atoms with Crippen LogP contribution in [0.1, 0.15) is 84.8 Å². The van der Waals surface area contributed by atoms with Crippen LogP contribution < -0.4 is 10.4 Å². The summed E-state index contributed by atoms with van der Waals surface area (Å²) >= 11 is 0. The van der Waals surface area contributed by atoms with Gasteiger partial charge in [-0.05, 0) is 56.1 Å². The van der Waals surface area contributed by atoms with Crippen LogP contribution in [-0.4, -0.2) is 61.1 Å². The van der Waals surface area contributed by atoms with Gasteiger partial charge < -0.3 is 23.7 Å². The van der Waals surface area contributed by atoms with E-state index in [1.165, 1.54) is 6.92 Å². The summed E-state index contributed by atoms with van der Waals surface area (Å²) in [5.74, 6) is -1.98. The van der Waals surface area contributed by atoms with Gasteiger partial charge in [0.25, 0.3) is 10.1 Å². The third-order valence-electron chi connectivity index (χ3n) is 10.4. The maximum absolute atomic E-state index is 13.5. The number of unbranched alkanes of at least 4 members (excludes halogenated alkanes) is 1. The van der Waals surface area contributed by atoms with Gasteiger partial charge in [-0.2, -0.15) is 8.42 Å². The zero-order chi connectivity index (χ0) is 33.7. The van der Waals surface area contributed by atoms with Crippen LogP contribution >= 0.6 is 0 Å². The standard InChI is InChI=1S/C33H43NO11S/c1-7-8-11-26(36)44-25-16-23-31(3,13-12-24(42-19(2)35)32(23,4)18-41-46(6,39)40)29-28(37)27-22(45-33(25,29)5)15-21(43-30(27)38)20-10-9-14-34-17-20/h9-10,14-15,17,23-25,28-29,37H,7-8,11-13,16,18H2,1-6H3/t23?,24-,25-,28-,29?,31-,32-,33+/m0/s1. The van der Waals surface area contributed by atoms with Crippen molar-refractivity contribution in [3.8, 4) is 17.1 Å². The SMILES string of the molecule is CCCCC(=O)O[C@H]1CC2[C@](C)(CC[C@H](OC(C)=O)[C@@]2(C)COS(C)(=O)=O)C2[C@@H](O)c3c(cc(-c4cccnc4)oc3=O)O[C@@]21C. The molecule has 0 amide bonds. The molecule has 2 saturated carbocycles. The Morgan fingerprint density at radius 1 is 1.17 bits per heavy atom. The van der Waals surface area contributed by atoms with Crippen LogP contribution in [0.25, 0.3) is 11.3 Å². The zero-order valence-electron chi connectivity index (χ0n) is 27.1. The molecular formula is C33H43NO11S. The van der Waals surface area contributed by atoms with Crippen molar-refractivity contribution < 1.29 is 45.9 Å². The highest BCUT2D eigenvalue weighted by Gasteiger charge is 2.70. The lowest BCUT2D eigenvalue weighted by atomic mass is 9.42. The number of hydrogen-bond donors (Lipinski definition) is 1. The molecule has 8 atom stereocenters. The molecule has 252 valence electrons. The molecule has 2 fully saturated rings. The average molecular weight is 662 g/mol. The highest BCUT2D eigenvalue weighted by atomic mass is 32.2. The lowest BCUT2D eigenvalue weighted by Gasteiger charge is -2.66. The van der Waals surface area contributed by atoms with Crippen molar-refractivity contribution in [2.24, 2.45) is 22.7 Å². The van der Waals surface area contributed by atoms with E-state index in [0.29, 0.717) is 24.8 Å². The number of aliphatic hydroxyl groups is 1. The predicted molar refractivity (Wildman–Crippen MR) is 165 cm³/mol. The highest BCUT2D eigenvalue weighted by Crippen LogP contribution is 2.67. The zero-order valence-corrected chi connectivity index (χ0v) is 27.9. The molecule has 12 nitrogen and oxygen atoms in total. The Hall–Kier alpha value is -3.29. The Morgan fingerprint density at radius 3 is 2.54 bits per heavy atom. The van der Waals surface area contributed by atoms with Crippen LogP contribution in [-0.2, 0) is 33.4 Å². The number of hydrogen-bond acceptors (Lipinski definition) is 12. The van der Waals surface area contributed by atoms with Gasteiger partial charge in [-0.3, -0.25) is 18.8 Å². The van der Waals surface area contributed by atoms with E-state index in [-0.39, 0.29) is 36.5 Å². The summed E-state index contributed by atoms with van der Waals surface area (Å²) in [6.07, 6.45) is 3.55. The first-order chi connectivity index (χ1) is 21.5. The van der Waals surface area contributed by atoms with Crippen LogP contribution in [0.3, 0.4) is 0 Å². The molecule has 0 radical (unpaired) electrons. The number of aromatic nitrogens is 1. The predicted octanol–water partition coefficient (Wildman–Crippen LogP) is 4.34. The molecule has 2 aromatic heterocycles. The van der Waals surface area contributed by atoms with Crippen molar-refractivity contribution in [3.63, 3.8) is 0 Å². The van der Waals surface area contributed by atoms with E-state index in [0.717, 1.165) is 12.7 Å². The van der Waals surface area contributed by atoms with E-state index in [4.69, 9.17) is 22.8 Å². The lowest BCUT2D eigenvalue weighted by molar-refractivity contribution is -0.269. The number of rotatable bonds is 9. The summed E-state index contributed by atoms with van der Waals surface area (Å²) < 4.78 is 54.1. The number of carbonyl (C=O) groups is 2. The third-order valence-corrected chi connectivity index (χ3v) is 11.0. The van der Waals surface area contributed by atoms with Crippen molar-refractivity contribution >= 4 is 22.1 Å². The Labute approximate surface area is 268 Å². The lowest BCUT2D eigenvalue weighted by Crippen LogP contribution is -2.71. The summed E-state index contributed by atoms with van der Waals surface area (Å²) in [6, 6.07) is 4.98. The molecule has 1 aliphatic heterocycles. The second kappa shape index (κ2) is 12.4. The minimum absolute atomic E-state index is 0.0516. The van der Waals surface area contributed by atoms with E-state index in [9.17, 15) is 27.9 Å². The molecular weight excluding hydrogens is 618 g/mol. The van der Waals surface area contributed by atoms with Crippen molar-refractivity contribution in [3.05, 3.63) is 46.6 Å². The molecule has 1 N–H and O–H groups in total. The molecule has 13 heteroatoms. The number of nitrogens with zero attached hydrogens (tertiary/aromatic N) is 1. The van der Waals surface area contributed by atoms with E-state index in [2.05, 4.69) is 4.98 Å². The maximum Gasteiger partial charge on any atom is 0.345 e. The first kappa shape index (κ1) is 34.1. The smallest absolute Gasteiger partial charge is 0.345 e. The maximum atomic E-state index is 13.5. The summed E-state index contributed by atoms with van der Waals surface area (Å²) in [6.45, 7) is 8.48. The van der Waals surface area contributed by atoms with Crippen LogP contribution in [0.2, 0.25) is 0 Å². The van der Waals surface area contributed by atoms with Gasteiger partial charge in [0.05, 0.1) is 19.0 Å². The number of fused-ring (bicyclic) bond motifs is 4. The van der Waals surface area contributed by atoms with Gasteiger partial charge in [0.2, 0.25) is 0 Å². The van der Waals surface area contributed by atoms with Gasteiger partial charge in [0.15, 0.2) is 0 Å². The van der Waals surface area contributed by atoms with Gasteiger partial charge in [0.1, 0.15) is 34.9 Å². The highest BCUT2D eigenvalue weighted by molar-refractivity contribution is 7.85. The Balaban J connectivity index is 1.66.